The van der Waals surface area contributed by atoms with E-state index in [1.54, 1.807) is 0 Å². The molecule has 0 fully saturated rings. The van der Waals surface area contributed by atoms with Crippen molar-refractivity contribution in [2.45, 2.75) is 6.42 Å². The molecule has 1 atom stereocenters. The van der Waals surface area contributed by atoms with Crippen LogP contribution in [-0.4, -0.2) is 28.7 Å². The predicted octanol–water partition coefficient (Wildman–Crippen LogP) is 1.60. The molecule has 0 bridgehead atoms. The lowest BCUT2D eigenvalue weighted by atomic mass is 10.2. The number of halogens is 3. The molecule has 0 aliphatic heterocycles. The molecular weight excluding hydrogens is 267 g/mol. The minimum atomic E-state index is -1.60. The van der Waals surface area contributed by atoms with Crippen molar-refractivity contribution in [1.82, 2.24) is 5.32 Å². The molecule has 0 saturated carbocycles. The summed E-state index contributed by atoms with van der Waals surface area (Å²) in [5, 5.41) is 2.40. The van der Waals surface area contributed by atoms with Gasteiger partial charge >= 0.3 is 0 Å². The summed E-state index contributed by atoms with van der Waals surface area (Å²) < 4.78 is 49.1. The number of hydrogen-bond acceptors (Lipinski definition) is 2. The summed E-state index contributed by atoms with van der Waals surface area (Å²) in [5.74, 6) is -4.70. The van der Waals surface area contributed by atoms with Crippen molar-refractivity contribution in [3.05, 3.63) is 35.1 Å². The molecule has 1 aromatic rings. The van der Waals surface area contributed by atoms with Crippen LogP contribution in [0.1, 0.15) is 16.8 Å². The van der Waals surface area contributed by atoms with Gasteiger partial charge < -0.3 is 5.32 Å². The van der Waals surface area contributed by atoms with Gasteiger partial charge in [0.25, 0.3) is 5.91 Å². The van der Waals surface area contributed by atoms with Crippen molar-refractivity contribution in [3.63, 3.8) is 0 Å². The van der Waals surface area contributed by atoms with Gasteiger partial charge in [-0.15, -0.1) is 0 Å². The van der Waals surface area contributed by atoms with Crippen LogP contribution < -0.4 is 5.32 Å². The maximum absolute atomic E-state index is 12.9. The van der Waals surface area contributed by atoms with E-state index in [1.165, 1.54) is 6.26 Å². The minimum absolute atomic E-state index is 0.235. The van der Waals surface area contributed by atoms with Crippen molar-refractivity contribution in [3.8, 4) is 0 Å². The van der Waals surface area contributed by atoms with Crippen LogP contribution in [0.3, 0.4) is 0 Å². The Kier molecular flexibility index (Phi) is 5.33. The molecule has 1 N–H and O–H groups in total. The van der Waals surface area contributed by atoms with E-state index in [9.17, 15) is 22.2 Å². The van der Waals surface area contributed by atoms with E-state index in [1.807, 2.05) is 0 Å². The van der Waals surface area contributed by atoms with E-state index in [-0.39, 0.29) is 12.1 Å². The second-order valence-electron chi connectivity index (χ2n) is 3.64. The van der Waals surface area contributed by atoms with E-state index >= 15 is 0 Å². The molecule has 1 rings (SSSR count). The number of nitrogens with one attached hydrogen (secondary N) is 1. The summed E-state index contributed by atoms with van der Waals surface area (Å²) >= 11 is 0. The summed E-state index contributed by atoms with van der Waals surface area (Å²) in [6.45, 7) is 0.235. The van der Waals surface area contributed by atoms with Crippen LogP contribution in [0.15, 0.2) is 12.1 Å². The summed E-state index contributed by atoms with van der Waals surface area (Å²) in [6, 6.07) is 1.26. The Bertz CT molecular complexity index is 456. The molecule has 18 heavy (non-hydrogen) atoms. The largest absolute Gasteiger partial charge is 0.352 e. The molecule has 1 aromatic carbocycles. The number of amides is 1. The number of carbonyl (C=O) groups excluding carboxylic acids is 1. The molecule has 3 nitrogen and oxygen atoms in total. The van der Waals surface area contributed by atoms with Gasteiger partial charge in [-0.05, 0) is 18.6 Å². The average molecular weight is 279 g/mol. The summed E-state index contributed by atoms with van der Waals surface area (Å²) in [7, 11) is -0.956. The minimum Gasteiger partial charge on any atom is -0.352 e. The van der Waals surface area contributed by atoms with Crippen LogP contribution in [0.5, 0.6) is 0 Å². The quantitative estimate of drug-likeness (QED) is 0.657. The topological polar surface area (TPSA) is 46.2 Å². The van der Waals surface area contributed by atoms with Gasteiger partial charge in [0.2, 0.25) is 0 Å². The van der Waals surface area contributed by atoms with Gasteiger partial charge in [0.15, 0.2) is 17.5 Å². The van der Waals surface area contributed by atoms with Crippen LogP contribution in [0.25, 0.3) is 0 Å². The first-order valence-electron chi connectivity index (χ1n) is 5.14. The fourth-order valence-corrected chi connectivity index (χ4v) is 1.82. The van der Waals surface area contributed by atoms with Gasteiger partial charge in [-0.2, -0.15) is 0 Å². The van der Waals surface area contributed by atoms with E-state index in [0.717, 1.165) is 0 Å². The highest BCUT2D eigenvalue weighted by Crippen LogP contribution is 2.13. The lowest BCUT2D eigenvalue weighted by molar-refractivity contribution is 0.0952. The monoisotopic (exact) mass is 279 g/mol. The van der Waals surface area contributed by atoms with Crippen LogP contribution >= 0.6 is 0 Å². The highest BCUT2D eigenvalue weighted by atomic mass is 32.2. The van der Waals surface area contributed by atoms with Gasteiger partial charge in [0.1, 0.15) is 0 Å². The predicted molar refractivity (Wildman–Crippen MR) is 62.2 cm³/mol. The van der Waals surface area contributed by atoms with E-state index in [0.29, 0.717) is 24.3 Å². The Hall–Kier alpha value is -1.37. The fourth-order valence-electron chi connectivity index (χ4n) is 1.27. The first kappa shape index (κ1) is 14.7. The first-order valence-corrected chi connectivity index (χ1v) is 6.87. The zero-order valence-corrected chi connectivity index (χ0v) is 10.5. The zero-order chi connectivity index (χ0) is 13.7. The summed E-state index contributed by atoms with van der Waals surface area (Å²) in [5.41, 5.74) is -0.288. The van der Waals surface area contributed by atoms with E-state index in [2.05, 4.69) is 5.32 Å². The van der Waals surface area contributed by atoms with Crippen LogP contribution in [0.2, 0.25) is 0 Å². The van der Waals surface area contributed by atoms with Gasteiger partial charge in [-0.3, -0.25) is 9.00 Å². The zero-order valence-electron chi connectivity index (χ0n) is 9.63. The molecule has 1 amide bonds. The van der Waals surface area contributed by atoms with Crippen LogP contribution in [0, 0.1) is 17.5 Å². The Morgan fingerprint density at radius 3 is 2.33 bits per heavy atom. The molecule has 7 heteroatoms. The smallest absolute Gasteiger partial charge is 0.251 e. The lowest BCUT2D eigenvalue weighted by Gasteiger charge is -2.05. The summed E-state index contributed by atoms with van der Waals surface area (Å²) in [6.07, 6.45) is 2.02. The molecule has 0 spiro atoms. The molecule has 1 unspecified atom stereocenters. The van der Waals surface area contributed by atoms with Gasteiger partial charge in [0.05, 0.1) is 0 Å². The number of carbonyl (C=O) groups is 1. The SMILES string of the molecule is CS(=O)CCCNC(=O)c1cc(F)c(F)c(F)c1. The van der Waals surface area contributed by atoms with Crippen molar-refractivity contribution in [1.29, 1.82) is 0 Å². The summed E-state index contributed by atoms with van der Waals surface area (Å²) in [4.78, 5) is 11.5. The van der Waals surface area contributed by atoms with Crippen molar-refractivity contribution in [2.24, 2.45) is 0 Å². The van der Waals surface area contributed by atoms with Gasteiger partial charge in [-0.1, -0.05) is 0 Å². The van der Waals surface area contributed by atoms with Gasteiger partial charge in [0, 0.05) is 34.9 Å². The second-order valence-corrected chi connectivity index (χ2v) is 5.20. The molecule has 0 aliphatic carbocycles. The average Bonchev–Trinajstić information content (AvgIpc) is 2.30. The Balaban J connectivity index is 2.59. The molecule has 0 saturated heterocycles. The Labute approximate surface area is 105 Å². The first-order chi connectivity index (χ1) is 8.41. The maximum atomic E-state index is 12.9. The van der Waals surface area contributed by atoms with Gasteiger partial charge in [-0.25, -0.2) is 13.2 Å². The highest BCUT2D eigenvalue weighted by molar-refractivity contribution is 7.84. The van der Waals surface area contributed by atoms with E-state index in [4.69, 9.17) is 0 Å². The second kappa shape index (κ2) is 6.53. The van der Waals surface area contributed by atoms with Crippen molar-refractivity contribution < 1.29 is 22.2 Å². The number of hydrogen-bond donors (Lipinski definition) is 1. The van der Waals surface area contributed by atoms with Crippen molar-refractivity contribution in [2.75, 3.05) is 18.6 Å². The van der Waals surface area contributed by atoms with E-state index < -0.39 is 34.2 Å². The number of benzene rings is 1. The van der Waals surface area contributed by atoms with Crippen LogP contribution in [-0.2, 0) is 10.8 Å². The number of rotatable bonds is 5. The molecule has 0 aliphatic rings. The molecule has 0 aromatic heterocycles. The maximum Gasteiger partial charge on any atom is 0.251 e. The van der Waals surface area contributed by atoms with Crippen molar-refractivity contribution >= 4 is 16.7 Å². The Morgan fingerprint density at radius 2 is 1.83 bits per heavy atom. The lowest BCUT2D eigenvalue weighted by Crippen LogP contribution is -2.25. The molecular formula is C11H12F3NO2S. The third-order valence-corrected chi connectivity index (χ3v) is 3.00. The Morgan fingerprint density at radius 1 is 1.28 bits per heavy atom. The molecule has 100 valence electrons. The molecule has 0 radical (unpaired) electrons. The molecule has 0 heterocycles. The van der Waals surface area contributed by atoms with Crippen LogP contribution in [0.4, 0.5) is 13.2 Å². The normalized spacial score (nSPS) is 12.2. The standard InChI is InChI=1S/C11H12F3NO2S/c1-18(17)4-2-3-15-11(16)7-5-8(12)10(14)9(13)6-7/h5-6H,2-4H2,1H3,(H,15,16). The third-order valence-electron chi connectivity index (χ3n) is 2.14. The fraction of sp³-hybridized carbons (Fsp3) is 0.364. The third kappa shape index (κ3) is 4.14. The highest BCUT2D eigenvalue weighted by Gasteiger charge is 2.14.